The number of aromatic nitrogens is 3. The van der Waals surface area contributed by atoms with Crippen LogP contribution in [-0.4, -0.2) is 58.5 Å². The van der Waals surface area contributed by atoms with Crippen LogP contribution in [0.25, 0.3) is 32.9 Å². The number of benzene rings is 2. The molecule has 1 N–H and O–H groups in total. The van der Waals surface area contributed by atoms with Crippen LogP contribution < -0.4 is 10.2 Å². The van der Waals surface area contributed by atoms with Crippen molar-refractivity contribution in [1.82, 2.24) is 19.9 Å². The number of hydrogen-bond acceptors (Lipinski definition) is 7. The number of anilines is 2. The molecule has 0 unspecified atom stereocenters. The average Bonchev–Trinajstić information content (AvgIpc) is 2.90. The summed E-state index contributed by atoms with van der Waals surface area (Å²) < 4.78 is 0. The van der Waals surface area contributed by atoms with E-state index in [4.69, 9.17) is 21.8 Å². The van der Waals surface area contributed by atoms with Crippen LogP contribution in [0.2, 0.25) is 5.02 Å². The van der Waals surface area contributed by atoms with Crippen molar-refractivity contribution in [1.29, 1.82) is 5.26 Å². The zero-order valence-electron chi connectivity index (χ0n) is 18.9. The predicted octanol–water partition coefficient (Wildman–Crippen LogP) is 4.27. The minimum absolute atomic E-state index is 0.0592. The second-order valence-corrected chi connectivity index (χ2v) is 8.56. The van der Waals surface area contributed by atoms with Crippen LogP contribution in [0.5, 0.6) is 0 Å². The van der Waals surface area contributed by atoms with Gasteiger partial charge in [-0.2, -0.15) is 5.26 Å². The predicted molar refractivity (Wildman–Crippen MR) is 138 cm³/mol. The first-order valence-corrected chi connectivity index (χ1v) is 11.6. The number of amides is 1. The van der Waals surface area contributed by atoms with Gasteiger partial charge in [-0.15, -0.1) is 0 Å². The number of nitrogens with zero attached hydrogens (tertiary/aromatic N) is 6. The first kappa shape index (κ1) is 22.6. The van der Waals surface area contributed by atoms with Crippen LogP contribution >= 0.6 is 11.6 Å². The van der Waals surface area contributed by atoms with Gasteiger partial charge in [0.15, 0.2) is 0 Å². The van der Waals surface area contributed by atoms with Gasteiger partial charge in [-0.05, 0) is 29.7 Å². The van der Waals surface area contributed by atoms with E-state index >= 15 is 0 Å². The molecule has 1 fully saturated rings. The quantitative estimate of drug-likeness (QED) is 0.334. The number of carbonyl (C=O) groups excluding carboxylic acids is 1. The number of nitriles is 1. The molecule has 4 aromatic rings. The third kappa shape index (κ3) is 4.34. The third-order valence-electron chi connectivity index (χ3n) is 6.11. The molecule has 1 aliphatic heterocycles. The summed E-state index contributed by atoms with van der Waals surface area (Å²) in [5.41, 5.74) is 2.22. The number of halogens is 1. The van der Waals surface area contributed by atoms with Crippen LogP contribution in [-0.2, 0) is 4.79 Å². The summed E-state index contributed by atoms with van der Waals surface area (Å²) in [5.74, 6) is 1.33. The summed E-state index contributed by atoms with van der Waals surface area (Å²) in [5, 5.41) is 15.3. The first-order valence-electron chi connectivity index (χ1n) is 11.2. The number of nitrogens with one attached hydrogen (secondary N) is 1. The minimum Gasteiger partial charge on any atom is -0.357 e. The normalized spacial score (nSPS) is 13.6. The molecule has 5 rings (SSSR count). The van der Waals surface area contributed by atoms with E-state index in [-0.39, 0.29) is 12.5 Å². The van der Waals surface area contributed by atoms with Crippen LogP contribution in [0.15, 0.2) is 61.4 Å². The molecule has 0 bridgehead atoms. The van der Waals surface area contributed by atoms with Crippen molar-refractivity contribution >= 4 is 50.8 Å². The number of pyridine rings is 1. The third-order valence-corrected chi connectivity index (χ3v) is 6.43. The Morgan fingerprint density at radius 1 is 1.14 bits per heavy atom. The molecule has 8 nitrogen and oxygen atoms in total. The molecular formula is C26H22ClN7O. The smallest absolute Gasteiger partial charge is 0.246 e. The maximum Gasteiger partial charge on any atom is 0.246 e. The molecular weight excluding hydrogens is 462 g/mol. The van der Waals surface area contributed by atoms with Gasteiger partial charge in [-0.1, -0.05) is 42.4 Å². The Labute approximate surface area is 207 Å². The van der Waals surface area contributed by atoms with Crippen molar-refractivity contribution in [2.75, 3.05) is 42.9 Å². The molecule has 1 amide bonds. The van der Waals surface area contributed by atoms with Crippen molar-refractivity contribution < 1.29 is 4.79 Å². The lowest BCUT2D eigenvalue weighted by atomic mass is 10.0. The van der Waals surface area contributed by atoms with E-state index in [2.05, 4.69) is 32.8 Å². The van der Waals surface area contributed by atoms with Gasteiger partial charge in [0.1, 0.15) is 24.5 Å². The Morgan fingerprint density at radius 2 is 1.94 bits per heavy atom. The van der Waals surface area contributed by atoms with Gasteiger partial charge in [-0.3, -0.25) is 4.79 Å². The van der Waals surface area contributed by atoms with Gasteiger partial charge in [0.25, 0.3) is 0 Å². The van der Waals surface area contributed by atoms with Crippen LogP contribution in [0.4, 0.5) is 11.6 Å². The Bertz CT molecular complexity index is 1490. The lowest BCUT2D eigenvalue weighted by molar-refractivity contribution is -0.126. The van der Waals surface area contributed by atoms with E-state index in [1.165, 1.54) is 6.08 Å². The molecule has 35 heavy (non-hydrogen) atoms. The molecule has 1 saturated heterocycles. The van der Waals surface area contributed by atoms with Crippen LogP contribution in [0, 0.1) is 11.3 Å². The summed E-state index contributed by atoms with van der Waals surface area (Å²) in [4.78, 5) is 29.7. The number of fused-ring (bicyclic) bond motifs is 2. The molecule has 0 atom stereocenters. The summed E-state index contributed by atoms with van der Waals surface area (Å²) in [6.45, 7) is 6.23. The zero-order valence-corrected chi connectivity index (χ0v) is 19.7. The molecule has 3 heterocycles. The maximum atomic E-state index is 11.9. The number of carbonyl (C=O) groups is 1. The van der Waals surface area contributed by atoms with E-state index < -0.39 is 0 Å². The molecule has 0 saturated carbocycles. The van der Waals surface area contributed by atoms with Crippen molar-refractivity contribution in [3.8, 4) is 17.3 Å². The largest absolute Gasteiger partial charge is 0.357 e. The Hall–Kier alpha value is -4.22. The van der Waals surface area contributed by atoms with Gasteiger partial charge < -0.3 is 15.1 Å². The highest BCUT2D eigenvalue weighted by atomic mass is 35.5. The van der Waals surface area contributed by atoms with E-state index in [9.17, 15) is 4.79 Å². The number of hydrogen-bond donors (Lipinski definition) is 1. The van der Waals surface area contributed by atoms with Gasteiger partial charge in [0.2, 0.25) is 5.91 Å². The van der Waals surface area contributed by atoms with Crippen molar-refractivity contribution in [3.63, 3.8) is 0 Å². The number of rotatable bonds is 5. The zero-order chi connectivity index (χ0) is 24.4. The Balaban J connectivity index is 1.57. The standard InChI is InChI=1S/C26H22ClN7O/c1-2-24(35)33-9-11-34(12-10-33)26-20-14-21(27)19(15-22(20)30-16-31-26)25-18-6-4-3-5-17(18)13-23(32-25)29-8-7-28/h2-6,13-16H,1,8-12H2,(H,29,32). The Kier molecular flexibility index (Phi) is 6.17. The maximum absolute atomic E-state index is 11.9. The lowest BCUT2D eigenvalue weighted by Gasteiger charge is -2.35. The summed E-state index contributed by atoms with van der Waals surface area (Å²) >= 11 is 6.84. The first-order chi connectivity index (χ1) is 17.1. The van der Waals surface area contributed by atoms with Crippen molar-refractivity contribution in [2.24, 2.45) is 0 Å². The molecule has 174 valence electrons. The van der Waals surface area contributed by atoms with Gasteiger partial charge in [0, 0.05) is 42.5 Å². The fraction of sp³-hybridized carbons (Fsp3) is 0.192. The average molecular weight is 484 g/mol. The minimum atomic E-state index is -0.0592. The SMILES string of the molecule is C=CC(=O)N1CCN(c2ncnc3cc(-c4nc(NCC#N)cc5ccccc45)c(Cl)cc23)CC1. The van der Waals surface area contributed by atoms with Gasteiger partial charge >= 0.3 is 0 Å². The number of piperazine rings is 1. The summed E-state index contributed by atoms with van der Waals surface area (Å²) in [6, 6.07) is 15.7. The van der Waals surface area contributed by atoms with Crippen LogP contribution in [0.3, 0.4) is 0 Å². The molecule has 9 heteroatoms. The lowest BCUT2D eigenvalue weighted by Crippen LogP contribution is -2.48. The fourth-order valence-corrected chi connectivity index (χ4v) is 4.64. The second kappa shape index (κ2) is 9.57. The fourth-order valence-electron chi connectivity index (χ4n) is 4.39. The molecule has 0 aliphatic carbocycles. The highest BCUT2D eigenvalue weighted by Gasteiger charge is 2.23. The van der Waals surface area contributed by atoms with Crippen LogP contribution in [0.1, 0.15) is 0 Å². The molecule has 1 aliphatic rings. The van der Waals surface area contributed by atoms with E-state index in [1.807, 2.05) is 42.5 Å². The molecule has 0 radical (unpaired) electrons. The monoisotopic (exact) mass is 483 g/mol. The highest BCUT2D eigenvalue weighted by Crippen LogP contribution is 2.37. The van der Waals surface area contributed by atoms with E-state index in [1.54, 1.807) is 11.2 Å². The summed E-state index contributed by atoms with van der Waals surface area (Å²) in [6.07, 6.45) is 2.90. The van der Waals surface area contributed by atoms with Gasteiger partial charge in [-0.25, -0.2) is 15.0 Å². The molecule has 2 aromatic heterocycles. The van der Waals surface area contributed by atoms with Crippen molar-refractivity contribution in [2.45, 2.75) is 0 Å². The molecule has 2 aromatic carbocycles. The summed E-state index contributed by atoms with van der Waals surface area (Å²) in [7, 11) is 0. The molecule has 0 spiro atoms. The van der Waals surface area contributed by atoms with Crippen molar-refractivity contribution in [3.05, 3.63) is 66.5 Å². The van der Waals surface area contributed by atoms with E-state index in [0.29, 0.717) is 42.7 Å². The Morgan fingerprint density at radius 3 is 2.71 bits per heavy atom. The highest BCUT2D eigenvalue weighted by molar-refractivity contribution is 6.34. The topological polar surface area (TPSA) is 98.0 Å². The second-order valence-electron chi connectivity index (χ2n) is 8.15. The van der Waals surface area contributed by atoms with E-state index in [0.717, 1.165) is 33.1 Å². The van der Waals surface area contributed by atoms with Gasteiger partial charge in [0.05, 0.1) is 22.3 Å².